The third kappa shape index (κ3) is 3.57. The second kappa shape index (κ2) is 7.28. The SMILES string of the molecule is O=C(O)C(Cc1ccccc1)N1C(=O)CSC1c1ccc(Cl)cc1. The van der Waals surface area contributed by atoms with Crippen molar-refractivity contribution < 1.29 is 14.7 Å². The van der Waals surface area contributed by atoms with Crippen LogP contribution in [0.15, 0.2) is 54.6 Å². The third-order valence-corrected chi connectivity index (χ3v) is 5.43. The molecule has 4 nitrogen and oxygen atoms in total. The molecule has 1 heterocycles. The van der Waals surface area contributed by atoms with Gasteiger partial charge in [0.1, 0.15) is 11.4 Å². The normalized spacial score (nSPS) is 18.6. The van der Waals surface area contributed by atoms with Crippen molar-refractivity contribution in [2.45, 2.75) is 17.8 Å². The van der Waals surface area contributed by atoms with Gasteiger partial charge in [-0.05, 0) is 23.3 Å². The van der Waals surface area contributed by atoms with Gasteiger partial charge in [0.05, 0.1) is 5.75 Å². The molecule has 1 fully saturated rings. The van der Waals surface area contributed by atoms with E-state index >= 15 is 0 Å². The van der Waals surface area contributed by atoms with Crippen LogP contribution in [0, 0.1) is 0 Å². The lowest BCUT2D eigenvalue weighted by Crippen LogP contribution is -2.44. The van der Waals surface area contributed by atoms with E-state index in [1.165, 1.54) is 16.7 Å². The molecular weight excluding hydrogens is 346 g/mol. The Morgan fingerprint density at radius 3 is 2.50 bits per heavy atom. The van der Waals surface area contributed by atoms with E-state index in [0.29, 0.717) is 5.02 Å². The van der Waals surface area contributed by atoms with Gasteiger partial charge in [0, 0.05) is 11.4 Å². The van der Waals surface area contributed by atoms with Crippen molar-refractivity contribution in [3.05, 3.63) is 70.7 Å². The first-order valence-electron chi connectivity index (χ1n) is 7.51. The fourth-order valence-corrected chi connectivity index (χ4v) is 4.15. The number of benzene rings is 2. The summed E-state index contributed by atoms with van der Waals surface area (Å²) in [6.07, 6.45) is 0.284. The van der Waals surface area contributed by atoms with Crippen molar-refractivity contribution in [3.8, 4) is 0 Å². The number of amides is 1. The van der Waals surface area contributed by atoms with E-state index < -0.39 is 12.0 Å². The molecule has 3 rings (SSSR count). The van der Waals surface area contributed by atoms with Gasteiger partial charge in [-0.3, -0.25) is 4.79 Å². The summed E-state index contributed by atoms with van der Waals surface area (Å²) in [4.78, 5) is 25.7. The minimum atomic E-state index is -0.992. The molecule has 6 heteroatoms. The maximum Gasteiger partial charge on any atom is 0.326 e. The molecule has 2 aromatic rings. The van der Waals surface area contributed by atoms with E-state index in [9.17, 15) is 14.7 Å². The van der Waals surface area contributed by atoms with Crippen LogP contribution >= 0.6 is 23.4 Å². The molecule has 0 spiro atoms. The first-order valence-corrected chi connectivity index (χ1v) is 8.94. The predicted octanol–water partition coefficient (Wildman–Crippen LogP) is 3.61. The minimum absolute atomic E-state index is 0.150. The second-order valence-corrected chi connectivity index (χ2v) is 7.06. The number of hydrogen-bond donors (Lipinski definition) is 1. The molecule has 0 radical (unpaired) electrons. The van der Waals surface area contributed by atoms with Crippen LogP contribution in [0.4, 0.5) is 0 Å². The molecule has 1 N–H and O–H groups in total. The number of carboxylic acid groups (broad SMARTS) is 1. The first-order chi connectivity index (χ1) is 11.6. The van der Waals surface area contributed by atoms with Crippen molar-refractivity contribution in [2.24, 2.45) is 0 Å². The van der Waals surface area contributed by atoms with Crippen molar-refractivity contribution >= 4 is 35.2 Å². The summed E-state index contributed by atoms with van der Waals surface area (Å²) in [6.45, 7) is 0. The van der Waals surface area contributed by atoms with Crippen molar-refractivity contribution in [2.75, 3.05) is 5.75 Å². The molecule has 2 aromatic carbocycles. The zero-order valence-electron chi connectivity index (χ0n) is 12.8. The quantitative estimate of drug-likeness (QED) is 0.883. The molecule has 0 aromatic heterocycles. The highest BCUT2D eigenvalue weighted by molar-refractivity contribution is 8.00. The number of thioether (sulfide) groups is 1. The highest BCUT2D eigenvalue weighted by atomic mass is 35.5. The molecule has 1 saturated heterocycles. The Morgan fingerprint density at radius 2 is 1.88 bits per heavy atom. The molecule has 1 aliphatic rings. The predicted molar refractivity (Wildman–Crippen MR) is 95.1 cm³/mol. The summed E-state index contributed by atoms with van der Waals surface area (Å²) in [6, 6.07) is 15.7. The Balaban J connectivity index is 1.90. The number of carboxylic acids is 1. The van der Waals surface area contributed by atoms with Gasteiger partial charge in [-0.2, -0.15) is 0 Å². The topological polar surface area (TPSA) is 57.6 Å². The number of carbonyl (C=O) groups is 2. The van der Waals surface area contributed by atoms with Crippen LogP contribution in [-0.4, -0.2) is 33.7 Å². The van der Waals surface area contributed by atoms with Crippen LogP contribution in [0.25, 0.3) is 0 Å². The number of aliphatic carboxylic acids is 1. The molecule has 2 unspecified atom stereocenters. The van der Waals surface area contributed by atoms with Crippen molar-refractivity contribution in [1.29, 1.82) is 0 Å². The Bertz CT molecular complexity index is 736. The van der Waals surface area contributed by atoms with E-state index in [4.69, 9.17) is 11.6 Å². The molecule has 2 atom stereocenters. The summed E-state index contributed by atoms with van der Waals surface area (Å²) in [7, 11) is 0. The number of rotatable bonds is 5. The lowest BCUT2D eigenvalue weighted by atomic mass is 10.0. The molecule has 24 heavy (non-hydrogen) atoms. The lowest BCUT2D eigenvalue weighted by Gasteiger charge is -2.30. The van der Waals surface area contributed by atoms with Gasteiger partial charge in [-0.15, -0.1) is 11.8 Å². The minimum Gasteiger partial charge on any atom is -0.480 e. The van der Waals surface area contributed by atoms with Gasteiger partial charge >= 0.3 is 5.97 Å². The van der Waals surface area contributed by atoms with Gasteiger partial charge in [0.2, 0.25) is 5.91 Å². The molecule has 0 aliphatic carbocycles. The first kappa shape index (κ1) is 16.9. The maximum absolute atomic E-state index is 12.4. The monoisotopic (exact) mass is 361 g/mol. The van der Waals surface area contributed by atoms with E-state index in [1.54, 1.807) is 12.1 Å². The molecular formula is C18H16ClNO3S. The van der Waals surface area contributed by atoms with E-state index in [0.717, 1.165) is 11.1 Å². The number of hydrogen-bond acceptors (Lipinski definition) is 3. The van der Waals surface area contributed by atoms with E-state index in [2.05, 4.69) is 0 Å². The summed E-state index contributed by atoms with van der Waals surface area (Å²) in [5.41, 5.74) is 1.78. The van der Waals surface area contributed by atoms with Gasteiger partial charge in [-0.1, -0.05) is 54.1 Å². The number of halogens is 1. The summed E-state index contributed by atoms with van der Waals surface area (Å²) < 4.78 is 0. The van der Waals surface area contributed by atoms with Crippen LogP contribution in [-0.2, 0) is 16.0 Å². The van der Waals surface area contributed by atoms with Crippen molar-refractivity contribution in [3.63, 3.8) is 0 Å². The summed E-state index contributed by atoms with van der Waals surface area (Å²) in [5.74, 6) is -0.858. The molecule has 124 valence electrons. The summed E-state index contributed by atoms with van der Waals surface area (Å²) >= 11 is 7.37. The largest absolute Gasteiger partial charge is 0.480 e. The van der Waals surface area contributed by atoms with Crippen LogP contribution in [0.5, 0.6) is 0 Å². The van der Waals surface area contributed by atoms with Crippen molar-refractivity contribution in [1.82, 2.24) is 4.90 Å². The van der Waals surface area contributed by atoms with Crippen LogP contribution in [0.2, 0.25) is 5.02 Å². The Labute approximate surface area is 149 Å². The highest BCUT2D eigenvalue weighted by Crippen LogP contribution is 2.40. The Hall–Kier alpha value is -1.98. The van der Waals surface area contributed by atoms with Crippen LogP contribution in [0.1, 0.15) is 16.5 Å². The van der Waals surface area contributed by atoms with E-state index in [1.807, 2.05) is 42.5 Å². The zero-order chi connectivity index (χ0) is 17.1. The van der Waals surface area contributed by atoms with Gasteiger partial charge < -0.3 is 10.0 Å². The number of carbonyl (C=O) groups excluding carboxylic acids is 1. The molecule has 0 saturated carbocycles. The molecule has 1 amide bonds. The maximum atomic E-state index is 12.4. The third-order valence-electron chi connectivity index (χ3n) is 3.95. The Morgan fingerprint density at radius 1 is 1.21 bits per heavy atom. The fourth-order valence-electron chi connectivity index (χ4n) is 2.80. The molecule has 0 bridgehead atoms. The smallest absolute Gasteiger partial charge is 0.326 e. The van der Waals surface area contributed by atoms with Crippen LogP contribution in [0.3, 0.4) is 0 Å². The lowest BCUT2D eigenvalue weighted by molar-refractivity contribution is -0.149. The zero-order valence-corrected chi connectivity index (χ0v) is 14.3. The van der Waals surface area contributed by atoms with Gasteiger partial charge in [0.15, 0.2) is 0 Å². The van der Waals surface area contributed by atoms with Gasteiger partial charge in [-0.25, -0.2) is 4.79 Å². The number of nitrogens with zero attached hydrogens (tertiary/aromatic N) is 1. The van der Waals surface area contributed by atoms with Gasteiger partial charge in [0.25, 0.3) is 0 Å². The average molecular weight is 362 g/mol. The summed E-state index contributed by atoms with van der Waals surface area (Å²) in [5, 5.41) is 10.0. The second-order valence-electron chi connectivity index (χ2n) is 5.56. The fraction of sp³-hybridized carbons (Fsp3) is 0.222. The highest BCUT2D eigenvalue weighted by Gasteiger charge is 2.40. The Kier molecular flexibility index (Phi) is 5.11. The van der Waals surface area contributed by atoms with E-state index in [-0.39, 0.29) is 23.5 Å². The standard InChI is InChI=1S/C18H16ClNO3S/c19-14-8-6-13(7-9-14)17-20(16(21)11-24-17)15(18(22)23)10-12-4-2-1-3-5-12/h1-9,15,17H,10-11H2,(H,22,23). The van der Waals surface area contributed by atoms with Crippen LogP contribution < -0.4 is 0 Å². The average Bonchev–Trinajstić information content (AvgIpc) is 2.95. The molecule has 1 aliphatic heterocycles.